The molecule has 0 saturated carbocycles. The second kappa shape index (κ2) is 16.7. The van der Waals surface area contributed by atoms with Crippen LogP contribution in [0.5, 0.6) is 11.5 Å². The molecule has 0 spiro atoms. The van der Waals surface area contributed by atoms with E-state index < -0.39 is 18.1 Å². The minimum atomic E-state index is -0.719. The summed E-state index contributed by atoms with van der Waals surface area (Å²) in [7, 11) is 2.63. The zero-order valence-corrected chi connectivity index (χ0v) is 33.3. The lowest BCUT2D eigenvalue weighted by atomic mass is 9.91. The highest BCUT2D eigenvalue weighted by atomic mass is 16.7. The number of nitrogens with one attached hydrogen (secondary N) is 3. The van der Waals surface area contributed by atoms with Crippen LogP contribution in [0, 0.1) is 17.8 Å². The van der Waals surface area contributed by atoms with Crippen molar-refractivity contribution in [1.82, 2.24) is 35.1 Å². The van der Waals surface area contributed by atoms with Crippen molar-refractivity contribution in [2.24, 2.45) is 17.8 Å². The molecular formula is C42H51N7O8. The second-order valence-corrected chi connectivity index (χ2v) is 15.5. The molecule has 2 aromatic heterocycles. The second-order valence-electron chi connectivity index (χ2n) is 15.5. The molecule has 3 aliphatic heterocycles. The van der Waals surface area contributed by atoms with E-state index in [1.807, 2.05) is 69.0 Å². The molecule has 4 atom stereocenters. The van der Waals surface area contributed by atoms with E-state index in [0.29, 0.717) is 30.4 Å². The van der Waals surface area contributed by atoms with Crippen LogP contribution in [0.4, 0.5) is 4.79 Å². The number of nitrogens with zero attached hydrogens (tertiary/aromatic N) is 4. The Morgan fingerprint density at radius 3 is 1.91 bits per heavy atom. The lowest BCUT2D eigenvalue weighted by Gasteiger charge is -2.30. The van der Waals surface area contributed by atoms with E-state index in [1.165, 1.54) is 14.2 Å². The van der Waals surface area contributed by atoms with Crippen LogP contribution in [0.2, 0.25) is 0 Å². The van der Waals surface area contributed by atoms with Gasteiger partial charge in [-0.05, 0) is 60.8 Å². The third-order valence-corrected chi connectivity index (χ3v) is 11.3. The number of aromatic amines is 2. The van der Waals surface area contributed by atoms with Crippen LogP contribution in [0.15, 0.2) is 48.8 Å². The van der Waals surface area contributed by atoms with E-state index >= 15 is 0 Å². The zero-order chi connectivity index (χ0) is 40.4. The van der Waals surface area contributed by atoms with Gasteiger partial charge in [0.15, 0.2) is 11.5 Å². The first-order valence-corrected chi connectivity index (χ1v) is 19.6. The lowest BCUT2D eigenvalue weighted by Crippen LogP contribution is -2.51. The first kappa shape index (κ1) is 39.4. The summed E-state index contributed by atoms with van der Waals surface area (Å²) in [5.41, 5.74) is 5.12. The summed E-state index contributed by atoms with van der Waals surface area (Å²) >= 11 is 0. The number of carbonyl (C=O) groups excluding carboxylic acids is 4. The number of methoxy groups -OCH3 is 2. The number of hydrogen-bond donors (Lipinski definition) is 3. The summed E-state index contributed by atoms with van der Waals surface area (Å²) in [6.45, 7) is 8.94. The number of benzene rings is 2. The summed E-state index contributed by atoms with van der Waals surface area (Å²) in [6, 6.07) is 10.9. The molecule has 3 N–H and O–H groups in total. The molecule has 15 heteroatoms. The molecule has 4 aromatic rings. The van der Waals surface area contributed by atoms with Crippen LogP contribution in [-0.4, -0.2) is 93.8 Å². The summed E-state index contributed by atoms with van der Waals surface area (Å²) in [5.74, 6) is 1.43. The molecule has 302 valence electrons. The SMILES string of the molecule is COC(=O)C[C@H](C(=O)N1CCC[C@H]1c1ncc(-c2ccc(-c3ccc(-c4cnc([C@@H]5CCCN5C(=O)[C@@H](NC(=O)OC)C(C)C)[nH]4)c4c3OCO4)cc2)[nH]1)C(C)C. The van der Waals surface area contributed by atoms with E-state index in [2.05, 4.69) is 15.3 Å². The van der Waals surface area contributed by atoms with Gasteiger partial charge in [0.1, 0.15) is 17.7 Å². The Morgan fingerprint density at radius 2 is 1.32 bits per heavy atom. The maximum absolute atomic E-state index is 13.6. The highest BCUT2D eigenvalue weighted by molar-refractivity contribution is 5.87. The topological polar surface area (TPSA) is 181 Å². The van der Waals surface area contributed by atoms with Crippen molar-refractivity contribution in [1.29, 1.82) is 0 Å². The number of likely N-dealkylation sites (tertiary alicyclic amines) is 2. The van der Waals surface area contributed by atoms with Gasteiger partial charge in [-0.25, -0.2) is 14.8 Å². The van der Waals surface area contributed by atoms with Gasteiger partial charge < -0.3 is 44.0 Å². The van der Waals surface area contributed by atoms with E-state index in [9.17, 15) is 19.2 Å². The molecule has 5 heterocycles. The average Bonchev–Trinajstić information content (AvgIpc) is 4.07. The van der Waals surface area contributed by atoms with Gasteiger partial charge in [0.2, 0.25) is 18.6 Å². The van der Waals surface area contributed by atoms with Crippen molar-refractivity contribution < 1.29 is 38.1 Å². The number of alkyl carbamates (subject to hydrolysis) is 1. The van der Waals surface area contributed by atoms with Gasteiger partial charge in [0.25, 0.3) is 0 Å². The first-order valence-electron chi connectivity index (χ1n) is 19.6. The van der Waals surface area contributed by atoms with Gasteiger partial charge in [-0.2, -0.15) is 0 Å². The average molecular weight is 782 g/mol. The molecule has 0 radical (unpaired) electrons. The fraction of sp³-hybridized carbons (Fsp3) is 0.476. The third kappa shape index (κ3) is 7.92. The minimum absolute atomic E-state index is 0.00858. The number of aromatic nitrogens is 4. The van der Waals surface area contributed by atoms with Crippen LogP contribution < -0.4 is 14.8 Å². The number of amides is 3. The Balaban J connectivity index is 1.07. The van der Waals surface area contributed by atoms with Gasteiger partial charge in [-0.3, -0.25) is 14.4 Å². The van der Waals surface area contributed by atoms with Crippen LogP contribution in [0.1, 0.15) is 83.5 Å². The van der Waals surface area contributed by atoms with Crippen molar-refractivity contribution >= 4 is 23.9 Å². The number of hydrogen-bond acceptors (Lipinski definition) is 10. The number of H-pyrrole nitrogens is 2. The Morgan fingerprint density at radius 1 is 0.754 bits per heavy atom. The summed E-state index contributed by atoms with van der Waals surface area (Å²) in [5, 5.41) is 2.69. The van der Waals surface area contributed by atoms with Crippen molar-refractivity contribution in [2.45, 2.75) is 77.9 Å². The smallest absolute Gasteiger partial charge is 0.407 e. The molecule has 0 unspecified atom stereocenters. The molecule has 3 amide bonds. The number of esters is 1. The van der Waals surface area contributed by atoms with E-state index in [-0.39, 0.29) is 54.9 Å². The van der Waals surface area contributed by atoms with Crippen molar-refractivity contribution in [3.63, 3.8) is 0 Å². The highest BCUT2D eigenvalue weighted by Crippen LogP contribution is 2.48. The predicted octanol–water partition coefficient (Wildman–Crippen LogP) is 6.41. The number of rotatable bonds is 12. The monoisotopic (exact) mass is 781 g/mol. The number of carbonyl (C=O) groups is 4. The molecule has 2 saturated heterocycles. The largest absolute Gasteiger partial charge is 0.469 e. The zero-order valence-electron chi connectivity index (χ0n) is 33.3. The maximum Gasteiger partial charge on any atom is 0.407 e. The first-order chi connectivity index (χ1) is 27.5. The van der Waals surface area contributed by atoms with Crippen LogP contribution in [-0.2, 0) is 23.9 Å². The minimum Gasteiger partial charge on any atom is -0.469 e. The molecule has 15 nitrogen and oxygen atoms in total. The van der Waals surface area contributed by atoms with Crippen LogP contribution in [0.3, 0.4) is 0 Å². The van der Waals surface area contributed by atoms with Gasteiger partial charge in [0.05, 0.1) is 62.4 Å². The Bertz CT molecular complexity index is 2110. The quantitative estimate of drug-likeness (QED) is 0.136. The summed E-state index contributed by atoms with van der Waals surface area (Å²) < 4.78 is 21.7. The number of fused-ring (bicyclic) bond motifs is 1. The van der Waals surface area contributed by atoms with E-state index in [4.69, 9.17) is 28.9 Å². The molecule has 57 heavy (non-hydrogen) atoms. The van der Waals surface area contributed by atoms with E-state index in [1.54, 1.807) is 17.3 Å². The fourth-order valence-corrected chi connectivity index (χ4v) is 8.15. The molecule has 3 aliphatic rings. The fourth-order valence-electron chi connectivity index (χ4n) is 8.15. The van der Waals surface area contributed by atoms with Gasteiger partial charge in [-0.1, -0.05) is 52.0 Å². The summed E-state index contributed by atoms with van der Waals surface area (Å²) in [4.78, 5) is 71.3. The molecule has 0 aliphatic carbocycles. The predicted molar refractivity (Wildman–Crippen MR) is 210 cm³/mol. The number of ether oxygens (including phenoxy) is 4. The molecule has 2 fully saturated rings. The number of imidazole rings is 2. The lowest BCUT2D eigenvalue weighted by molar-refractivity contribution is -0.148. The van der Waals surface area contributed by atoms with Crippen molar-refractivity contribution in [3.05, 3.63) is 60.4 Å². The Hall–Kier alpha value is -5.86. The van der Waals surface area contributed by atoms with Crippen LogP contribution >= 0.6 is 0 Å². The molecule has 2 aromatic carbocycles. The Kier molecular flexibility index (Phi) is 11.5. The maximum atomic E-state index is 13.6. The molecule has 7 rings (SSSR count). The summed E-state index contributed by atoms with van der Waals surface area (Å²) in [6.07, 6.45) is 6.16. The molecular weight excluding hydrogens is 731 g/mol. The molecule has 0 bridgehead atoms. The van der Waals surface area contributed by atoms with E-state index in [0.717, 1.165) is 65.1 Å². The normalized spacial score (nSPS) is 18.6. The van der Waals surface area contributed by atoms with Crippen LogP contribution in [0.25, 0.3) is 33.6 Å². The third-order valence-electron chi connectivity index (χ3n) is 11.3. The van der Waals surface area contributed by atoms with Crippen molar-refractivity contribution in [2.75, 3.05) is 34.1 Å². The van der Waals surface area contributed by atoms with Gasteiger partial charge in [-0.15, -0.1) is 0 Å². The van der Waals surface area contributed by atoms with Crippen molar-refractivity contribution in [3.8, 4) is 45.1 Å². The highest BCUT2D eigenvalue weighted by Gasteiger charge is 2.39. The van der Waals surface area contributed by atoms with Gasteiger partial charge in [0, 0.05) is 24.2 Å². The standard InChI is InChI=1S/C42H51N7O8/c1-23(2)29(19-34(50)54-5)40(51)48-17-7-9-32(48)38-43-20-30(45-38)26-13-11-25(12-14-26)27-15-16-28(37-36(27)56-22-57-37)31-21-44-39(46-31)33-10-8-18-49(33)41(52)35(24(3)4)47-42(53)55-6/h11-16,20-21,23-24,29,32-33,35H,7-10,17-19,22H2,1-6H3,(H,43,45)(H,44,46)(H,47,53)/t29-,32-,33-,35-/m0/s1. The Labute approximate surface area is 331 Å². The van der Waals surface area contributed by atoms with Gasteiger partial charge >= 0.3 is 12.1 Å².